The molecule has 18 aromatic rings. The minimum absolute atomic E-state index is 0.0517. The molecule has 0 N–H and O–H groups in total. The number of fused-ring (bicyclic) bond motifs is 3. The van der Waals surface area contributed by atoms with Gasteiger partial charge in [0.1, 0.15) is 0 Å². The Balaban J connectivity index is 1.02. The molecular formula is C144H144. The summed E-state index contributed by atoms with van der Waals surface area (Å²) in [5.74, 6) is 0. The van der Waals surface area contributed by atoms with Gasteiger partial charge in [-0.3, -0.25) is 0 Å². The van der Waals surface area contributed by atoms with Crippen molar-refractivity contribution in [1.82, 2.24) is 0 Å². The molecule has 0 heterocycles. The van der Waals surface area contributed by atoms with E-state index in [9.17, 15) is 0 Å². The second-order valence-corrected chi connectivity index (χ2v) is 49.8. The van der Waals surface area contributed by atoms with Crippen molar-refractivity contribution in [3.05, 3.63) is 466 Å². The Morgan fingerprint density at radius 3 is 0.549 bits per heavy atom. The predicted octanol–water partition coefficient (Wildman–Crippen LogP) is 40.7. The van der Waals surface area contributed by atoms with E-state index in [1.165, 1.54) is 94.6 Å². The second kappa shape index (κ2) is 37.3. The van der Waals surface area contributed by atoms with E-state index in [2.05, 4.69) is 569 Å². The monoisotopic (exact) mass is 1870 g/mol. The lowest BCUT2D eigenvalue weighted by Gasteiger charge is -2.36. The molecule has 0 saturated heterocycles. The molecule has 0 unspecified atom stereocenters. The lowest BCUT2D eigenvalue weighted by molar-refractivity contribution is 0.590. The van der Waals surface area contributed by atoms with Crippen LogP contribution in [0.2, 0.25) is 0 Å². The number of hydrogen-bond donors (Lipinski definition) is 0. The number of rotatable bonds is 16. The molecule has 0 fully saturated rings. The highest BCUT2D eigenvalue weighted by Crippen LogP contribution is 2.62. The minimum Gasteiger partial charge on any atom is -0.0622 e. The first-order chi connectivity index (χ1) is 68.0. The number of benzene rings is 18. The van der Waals surface area contributed by atoms with Gasteiger partial charge in [-0.15, -0.1) is 0 Å². The molecule has 720 valence electrons. The highest BCUT2D eigenvalue weighted by atomic mass is 14.5. The van der Waals surface area contributed by atoms with Gasteiger partial charge in [0.05, 0.1) is 5.41 Å². The molecule has 0 radical (unpaired) electrons. The van der Waals surface area contributed by atoms with Crippen molar-refractivity contribution in [3.63, 3.8) is 0 Å². The average molecular weight is 1870 g/mol. The van der Waals surface area contributed by atoms with Crippen LogP contribution < -0.4 is 0 Å². The van der Waals surface area contributed by atoms with Gasteiger partial charge in [-0.2, -0.15) is 0 Å². The average Bonchev–Trinajstić information content (AvgIpc) is 1.50. The molecule has 0 aliphatic heterocycles. The first-order valence-electron chi connectivity index (χ1n) is 52.3. The van der Waals surface area contributed by atoms with Crippen molar-refractivity contribution >= 4 is 0 Å². The van der Waals surface area contributed by atoms with E-state index >= 15 is 0 Å². The molecule has 144 heavy (non-hydrogen) atoms. The molecule has 0 bridgehead atoms. The largest absolute Gasteiger partial charge is 0.0714 e. The maximum absolute atomic E-state index is 2.65. The Hall–Kier alpha value is -14.0. The van der Waals surface area contributed by atoms with E-state index in [0.717, 1.165) is 156 Å². The Morgan fingerprint density at radius 2 is 0.333 bits per heavy atom. The van der Waals surface area contributed by atoms with Crippen LogP contribution in [0.4, 0.5) is 0 Å². The molecule has 0 heteroatoms. The molecule has 18 aromatic carbocycles. The summed E-state index contributed by atoms with van der Waals surface area (Å²) in [7, 11) is 0. The third-order valence-corrected chi connectivity index (χ3v) is 30.7. The number of aryl methyl sites for hydroxylation is 3. The topological polar surface area (TPSA) is 0 Å². The molecule has 0 atom stereocenters. The van der Waals surface area contributed by atoms with Gasteiger partial charge in [-0.25, -0.2) is 0 Å². The third kappa shape index (κ3) is 20.0. The molecular weight excluding hydrogens is 1730 g/mol. The lowest BCUT2D eigenvalue weighted by atomic mass is 9.65. The molecule has 0 saturated carbocycles. The smallest absolute Gasteiger partial charge is 0.0622 e. The van der Waals surface area contributed by atoms with Crippen molar-refractivity contribution in [2.75, 3.05) is 0 Å². The molecule has 0 spiro atoms. The van der Waals surface area contributed by atoms with Crippen LogP contribution in [0.1, 0.15) is 250 Å². The fraction of sp³-hybridized carbons (Fsp3) is 0.250. The normalized spacial score (nSPS) is 13.0. The van der Waals surface area contributed by atoms with Crippen LogP contribution in [0.5, 0.6) is 0 Å². The second-order valence-electron chi connectivity index (χ2n) is 49.8. The first kappa shape index (κ1) is 98.7. The summed E-state index contributed by atoms with van der Waals surface area (Å²) in [5.41, 5.74) is 51.8. The third-order valence-electron chi connectivity index (χ3n) is 30.7. The lowest BCUT2D eigenvalue weighted by Crippen LogP contribution is -2.29. The van der Waals surface area contributed by atoms with Gasteiger partial charge >= 0.3 is 0 Å². The fourth-order valence-electron chi connectivity index (χ4n) is 22.0. The summed E-state index contributed by atoms with van der Waals surface area (Å²) < 4.78 is 0. The van der Waals surface area contributed by atoms with Crippen molar-refractivity contribution in [2.24, 2.45) is 0 Å². The van der Waals surface area contributed by atoms with Crippen molar-refractivity contribution in [3.8, 4) is 167 Å². The predicted molar refractivity (Wildman–Crippen MR) is 624 cm³/mol. The van der Waals surface area contributed by atoms with Crippen molar-refractivity contribution < 1.29 is 0 Å². The summed E-state index contributed by atoms with van der Waals surface area (Å²) >= 11 is 0. The van der Waals surface area contributed by atoms with Crippen molar-refractivity contribution in [1.29, 1.82) is 0 Å². The zero-order valence-corrected chi connectivity index (χ0v) is 90.4. The molecule has 0 nitrogen and oxygen atoms in total. The van der Waals surface area contributed by atoms with Gasteiger partial charge in [0.2, 0.25) is 0 Å². The van der Waals surface area contributed by atoms with Crippen LogP contribution >= 0.6 is 0 Å². The molecule has 0 aromatic heterocycles. The van der Waals surface area contributed by atoms with Crippen LogP contribution in [0.25, 0.3) is 167 Å². The van der Waals surface area contributed by atoms with Gasteiger partial charge in [-0.05, 0) is 424 Å². The van der Waals surface area contributed by atoms with E-state index in [0.29, 0.717) is 0 Å². The van der Waals surface area contributed by atoms with Crippen molar-refractivity contribution in [2.45, 2.75) is 236 Å². The van der Waals surface area contributed by atoms with Gasteiger partial charge in [0.15, 0.2) is 0 Å². The maximum Gasteiger partial charge on any atom is 0.0714 e. The van der Waals surface area contributed by atoms with E-state index in [-0.39, 0.29) is 43.3 Å². The van der Waals surface area contributed by atoms with E-state index in [1.54, 1.807) is 0 Å². The van der Waals surface area contributed by atoms with Crippen LogP contribution in [0.15, 0.2) is 382 Å². The fourth-order valence-corrected chi connectivity index (χ4v) is 22.0. The SMILES string of the molecule is Cc1cc(C)c(-c2cccc3c2-c2ccc(-c4ccccc4)cc2C3(c2cc(-c3cc(-c4ccc(C(C)(C)C)cc4)cc(-c4ccc(C(C)(C)C)cc4)c3)cc(-c3cc(-c4ccc(C(C)(C)C)cc4)cc(-c4ccc(C(C)(C)C)cc4)c3)c2)c2cc(-c3cc(-c4ccc(C(C)(C)C)cc4)cc(-c4ccc(C(C)(C)C)cc4)c3)cc(-c3cc(-c4ccc(C(C)(C)C)cc4)cc(-c4ccc(C(C)(C)C)cc4)c3)c2)c(C)c1. The van der Waals surface area contributed by atoms with E-state index in [1.807, 2.05) is 0 Å². The molecule has 1 aliphatic rings. The highest BCUT2D eigenvalue weighted by molar-refractivity contribution is 6.00. The Kier molecular flexibility index (Phi) is 25.6. The summed E-state index contributed by atoms with van der Waals surface area (Å²) in [4.78, 5) is 0. The zero-order chi connectivity index (χ0) is 102. The van der Waals surface area contributed by atoms with Crippen LogP contribution in [0.3, 0.4) is 0 Å². The van der Waals surface area contributed by atoms with Crippen LogP contribution in [0, 0.1) is 20.8 Å². The molecule has 1 aliphatic carbocycles. The summed E-state index contributed by atoms with van der Waals surface area (Å²) in [6, 6.07) is 152. The Bertz CT molecular complexity index is 6800. The van der Waals surface area contributed by atoms with E-state index < -0.39 is 5.41 Å². The highest BCUT2D eigenvalue weighted by Gasteiger charge is 2.49. The summed E-state index contributed by atoms with van der Waals surface area (Å²) in [6.45, 7) is 62.6. The maximum atomic E-state index is 2.65. The van der Waals surface area contributed by atoms with Gasteiger partial charge in [0.25, 0.3) is 0 Å². The Morgan fingerprint density at radius 1 is 0.139 bits per heavy atom. The standard InChI is InChI=1S/C144H144/c1-91-70-92(2)134(93(3)71-91)131-34-31-35-132-135(131)130-69-52-103(94-32-29-28-30-33-94)90-133(130)144(132,128-86-116(112-76-104(95-36-53-120(54-37-95)136(4,5)6)72-105(77-112)96-38-55-121(56-39-96)137(7,8)9)84-117(87-128)113-78-106(97-40-57-122(58-41-97)138(10,11)12)73-107(79-113)98-42-59-123(60-43-98)139(13,14)15)129-88-118(114-80-108(99-44-61-124(62-45-99)140(16,17)18)74-109(81-114)100-46-63-125(64-47-100)141(19,20)21)85-119(89-129)115-82-110(101-48-65-126(66-49-101)142(22,23)24)75-111(83-115)102-50-67-127(68-51-102)143(25,26)27/h28-90H,1-27H3. The summed E-state index contributed by atoms with van der Waals surface area (Å²) in [5, 5.41) is 0. The van der Waals surface area contributed by atoms with Crippen LogP contribution in [-0.2, 0) is 48.7 Å². The van der Waals surface area contributed by atoms with E-state index in [4.69, 9.17) is 0 Å². The quantitative estimate of drug-likeness (QED) is 0.0904. The molecule has 0 amide bonds. The van der Waals surface area contributed by atoms with Gasteiger partial charge in [0, 0.05) is 0 Å². The minimum atomic E-state index is -1.15. The summed E-state index contributed by atoms with van der Waals surface area (Å²) in [6.07, 6.45) is 0. The van der Waals surface area contributed by atoms with Gasteiger partial charge < -0.3 is 0 Å². The Labute approximate surface area is 862 Å². The zero-order valence-electron chi connectivity index (χ0n) is 90.4. The van der Waals surface area contributed by atoms with Gasteiger partial charge in [-0.1, -0.05) is 439 Å². The number of hydrogen-bond acceptors (Lipinski definition) is 0. The first-order valence-corrected chi connectivity index (χ1v) is 52.3. The van der Waals surface area contributed by atoms with Crippen LogP contribution in [-0.4, -0.2) is 0 Å². The molecule has 19 rings (SSSR count).